The second-order valence-corrected chi connectivity index (χ2v) is 6.26. The summed E-state index contributed by atoms with van der Waals surface area (Å²) in [6.07, 6.45) is 8.16. The zero-order valence-corrected chi connectivity index (χ0v) is 10.7. The van der Waals surface area contributed by atoms with E-state index >= 15 is 0 Å². The minimum atomic E-state index is -0.396. The van der Waals surface area contributed by atoms with E-state index in [1.165, 1.54) is 32.1 Å². The number of nitrogens with two attached hydrogens (primary N) is 1. The number of carbonyl (C=O) groups is 1. The van der Waals surface area contributed by atoms with Crippen molar-refractivity contribution in [1.82, 2.24) is 5.32 Å². The Labute approximate surface area is 102 Å². The highest BCUT2D eigenvalue weighted by atomic mass is 32.2. The Hall–Kier alpha value is -0.220. The molecular weight excluding hydrogens is 220 g/mol. The molecule has 2 aliphatic rings. The average molecular weight is 242 g/mol. The van der Waals surface area contributed by atoms with Crippen LogP contribution in [0, 0.1) is 0 Å². The van der Waals surface area contributed by atoms with Crippen molar-refractivity contribution in [2.24, 2.45) is 5.73 Å². The summed E-state index contributed by atoms with van der Waals surface area (Å²) >= 11 is 1.93. The molecular formula is C12H22N2OS. The topological polar surface area (TPSA) is 55.1 Å². The Balaban J connectivity index is 1.98. The van der Waals surface area contributed by atoms with Crippen molar-refractivity contribution in [3.05, 3.63) is 0 Å². The van der Waals surface area contributed by atoms with E-state index in [4.69, 9.17) is 5.73 Å². The van der Waals surface area contributed by atoms with Gasteiger partial charge in [-0.15, -0.1) is 0 Å². The Morgan fingerprint density at radius 1 is 1.19 bits per heavy atom. The third-order valence-electron chi connectivity index (χ3n) is 3.90. The third kappa shape index (κ3) is 2.72. The van der Waals surface area contributed by atoms with Gasteiger partial charge in [0.25, 0.3) is 0 Å². The summed E-state index contributed by atoms with van der Waals surface area (Å²) in [5.74, 6) is 1.98. The number of thioether (sulfide) groups is 1. The van der Waals surface area contributed by atoms with E-state index in [2.05, 4.69) is 5.32 Å². The lowest BCUT2D eigenvalue weighted by Gasteiger charge is -2.39. The van der Waals surface area contributed by atoms with Crippen LogP contribution in [0.2, 0.25) is 0 Å². The van der Waals surface area contributed by atoms with Crippen molar-refractivity contribution in [2.75, 3.05) is 11.5 Å². The number of amides is 1. The van der Waals surface area contributed by atoms with Gasteiger partial charge < -0.3 is 11.1 Å². The van der Waals surface area contributed by atoms with E-state index in [0.717, 1.165) is 24.3 Å². The van der Waals surface area contributed by atoms with E-state index in [0.29, 0.717) is 6.04 Å². The lowest BCUT2D eigenvalue weighted by Crippen LogP contribution is -2.60. The quantitative estimate of drug-likeness (QED) is 0.791. The van der Waals surface area contributed by atoms with Gasteiger partial charge in [0.05, 0.1) is 5.54 Å². The molecule has 1 heterocycles. The first-order valence-electron chi connectivity index (χ1n) is 6.38. The lowest BCUT2D eigenvalue weighted by molar-refractivity contribution is -0.125. The predicted octanol–water partition coefficient (Wildman–Crippen LogP) is 1.66. The van der Waals surface area contributed by atoms with Crippen LogP contribution in [0.25, 0.3) is 0 Å². The van der Waals surface area contributed by atoms with Crippen LogP contribution in [0.3, 0.4) is 0 Å². The van der Waals surface area contributed by atoms with Crippen molar-refractivity contribution < 1.29 is 4.79 Å². The van der Waals surface area contributed by atoms with Crippen LogP contribution in [0.5, 0.6) is 0 Å². The highest BCUT2D eigenvalue weighted by Crippen LogP contribution is 2.29. The first-order chi connectivity index (χ1) is 7.73. The van der Waals surface area contributed by atoms with E-state index in [-0.39, 0.29) is 5.91 Å². The fourth-order valence-electron chi connectivity index (χ4n) is 2.82. The van der Waals surface area contributed by atoms with Crippen LogP contribution >= 0.6 is 11.8 Å². The van der Waals surface area contributed by atoms with Crippen LogP contribution in [0.1, 0.15) is 44.9 Å². The molecule has 0 spiro atoms. The number of rotatable bonds is 3. The fraction of sp³-hybridized carbons (Fsp3) is 0.917. The molecule has 1 aliphatic heterocycles. The van der Waals surface area contributed by atoms with E-state index < -0.39 is 5.54 Å². The molecule has 1 amide bonds. The minimum absolute atomic E-state index is 0.140. The first kappa shape index (κ1) is 12.2. The van der Waals surface area contributed by atoms with E-state index in [1.807, 2.05) is 11.8 Å². The van der Waals surface area contributed by atoms with E-state index in [9.17, 15) is 4.79 Å². The molecule has 0 aromatic carbocycles. The highest BCUT2D eigenvalue weighted by molar-refractivity contribution is 7.99. The maximum absolute atomic E-state index is 11.7. The van der Waals surface area contributed by atoms with Gasteiger partial charge in [-0.2, -0.15) is 11.8 Å². The smallest absolute Gasteiger partial charge is 0.237 e. The van der Waals surface area contributed by atoms with Gasteiger partial charge in [0.15, 0.2) is 0 Å². The Morgan fingerprint density at radius 3 is 2.38 bits per heavy atom. The van der Waals surface area contributed by atoms with Gasteiger partial charge in [-0.1, -0.05) is 19.3 Å². The molecule has 0 aromatic rings. The molecule has 2 fully saturated rings. The van der Waals surface area contributed by atoms with Crippen LogP contribution in [0.15, 0.2) is 0 Å². The van der Waals surface area contributed by atoms with Crippen LogP contribution < -0.4 is 11.1 Å². The van der Waals surface area contributed by atoms with E-state index in [1.54, 1.807) is 0 Å². The van der Waals surface area contributed by atoms with Crippen molar-refractivity contribution in [2.45, 2.75) is 56.5 Å². The molecule has 3 N–H and O–H groups in total. The molecule has 0 atom stereocenters. The van der Waals surface area contributed by atoms with Gasteiger partial charge in [0, 0.05) is 6.04 Å². The summed E-state index contributed by atoms with van der Waals surface area (Å²) in [6, 6.07) is 0.518. The van der Waals surface area contributed by atoms with Gasteiger partial charge >= 0.3 is 0 Å². The summed E-state index contributed by atoms with van der Waals surface area (Å²) in [7, 11) is 0. The van der Waals surface area contributed by atoms with Crippen LogP contribution in [-0.2, 0) is 4.79 Å². The number of hydrogen-bond donors (Lipinski definition) is 2. The average Bonchev–Trinajstić information content (AvgIpc) is 2.31. The monoisotopic (exact) mass is 242 g/mol. The summed E-state index contributed by atoms with van der Waals surface area (Å²) in [6.45, 7) is 0. The van der Waals surface area contributed by atoms with Crippen molar-refractivity contribution in [1.29, 1.82) is 0 Å². The summed E-state index contributed by atoms with van der Waals surface area (Å²) < 4.78 is 0. The molecule has 1 aliphatic carbocycles. The van der Waals surface area contributed by atoms with Crippen molar-refractivity contribution in [3.8, 4) is 0 Å². The molecule has 4 heteroatoms. The molecule has 16 heavy (non-hydrogen) atoms. The van der Waals surface area contributed by atoms with Gasteiger partial charge in [0.1, 0.15) is 0 Å². The van der Waals surface area contributed by atoms with Gasteiger partial charge in [-0.25, -0.2) is 0 Å². The SMILES string of the molecule is NC(=O)C1(NC2CCCCC2)CCSCC1. The molecule has 2 rings (SSSR count). The second kappa shape index (κ2) is 5.41. The first-order valence-corrected chi connectivity index (χ1v) is 7.54. The standard InChI is InChI=1S/C12H22N2OS/c13-11(15)12(6-8-16-9-7-12)14-10-4-2-1-3-5-10/h10,14H,1-9H2,(H2,13,15). The molecule has 0 aromatic heterocycles. The molecule has 0 radical (unpaired) electrons. The molecule has 3 nitrogen and oxygen atoms in total. The Kier molecular flexibility index (Phi) is 4.14. The number of nitrogens with one attached hydrogen (secondary N) is 1. The fourth-order valence-corrected chi connectivity index (χ4v) is 4.01. The summed E-state index contributed by atoms with van der Waals surface area (Å²) in [5.41, 5.74) is 5.21. The second-order valence-electron chi connectivity index (χ2n) is 5.04. The largest absolute Gasteiger partial charge is 0.368 e. The number of primary amides is 1. The molecule has 0 bridgehead atoms. The molecule has 1 saturated carbocycles. The third-order valence-corrected chi connectivity index (χ3v) is 4.89. The zero-order valence-electron chi connectivity index (χ0n) is 9.84. The molecule has 1 saturated heterocycles. The lowest BCUT2D eigenvalue weighted by atomic mass is 9.87. The van der Waals surface area contributed by atoms with Gasteiger partial charge in [-0.3, -0.25) is 4.79 Å². The van der Waals surface area contributed by atoms with Gasteiger partial charge in [-0.05, 0) is 37.2 Å². The predicted molar refractivity (Wildman–Crippen MR) is 68.5 cm³/mol. The molecule has 92 valence electrons. The van der Waals surface area contributed by atoms with Crippen molar-refractivity contribution in [3.63, 3.8) is 0 Å². The normalized spacial score (nSPS) is 26.5. The van der Waals surface area contributed by atoms with Crippen LogP contribution in [-0.4, -0.2) is 29.0 Å². The van der Waals surface area contributed by atoms with Gasteiger partial charge in [0.2, 0.25) is 5.91 Å². The van der Waals surface area contributed by atoms with Crippen molar-refractivity contribution >= 4 is 17.7 Å². The molecule has 0 unspecified atom stereocenters. The maximum atomic E-state index is 11.7. The number of carbonyl (C=O) groups excluding carboxylic acids is 1. The Bertz CT molecular complexity index is 245. The highest BCUT2D eigenvalue weighted by Gasteiger charge is 2.39. The number of hydrogen-bond acceptors (Lipinski definition) is 3. The van der Waals surface area contributed by atoms with Crippen LogP contribution in [0.4, 0.5) is 0 Å². The maximum Gasteiger partial charge on any atom is 0.237 e. The zero-order chi connectivity index (χ0) is 11.4. The minimum Gasteiger partial charge on any atom is -0.368 e. The Morgan fingerprint density at radius 2 is 1.81 bits per heavy atom. The summed E-state index contributed by atoms with van der Waals surface area (Å²) in [4.78, 5) is 11.7. The summed E-state index contributed by atoms with van der Waals surface area (Å²) in [5, 5.41) is 3.58.